The summed E-state index contributed by atoms with van der Waals surface area (Å²) in [5.74, 6) is 0.680. The molecule has 8 nitrogen and oxygen atoms in total. The average molecular weight is 409 g/mol. The number of aromatic amines is 1. The van der Waals surface area contributed by atoms with Crippen LogP contribution in [0.25, 0.3) is 0 Å². The third kappa shape index (κ3) is 3.82. The van der Waals surface area contributed by atoms with Crippen molar-refractivity contribution in [1.29, 1.82) is 0 Å². The number of hydrogen-bond donors (Lipinski definition) is 2. The molecule has 2 N–H and O–H groups in total. The van der Waals surface area contributed by atoms with Gasteiger partial charge in [-0.3, -0.25) is 9.89 Å². The molecule has 0 amide bonds. The monoisotopic (exact) mass is 408 g/mol. The van der Waals surface area contributed by atoms with Gasteiger partial charge in [0, 0.05) is 0 Å². The molecule has 134 valence electrons. The molecule has 1 aromatic carbocycles. The van der Waals surface area contributed by atoms with E-state index < -0.39 is 5.56 Å². The SMILES string of the molecule is COc1ccccc1Nc1nc(Cl)c(/C=N/n2c(=S)[nH]nc(C)c2=O)s1. The molecule has 11 heteroatoms. The summed E-state index contributed by atoms with van der Waals surface area (Å²) in [5, 5.41) is 14.4. The van der Waals surface area contributed by atoms with E-state index in [1.54, 1.807) is 14.0 Å². The maximum Gasteiger partial charge on any atom is 0.296 e. The fraction of sp³-hybridized carbons (Fsp3) is 0.133. The summed E-state index contributed by atoms with van der Waals surface area (Å²) < 4.78 is 6.42. The molecule has 3 aromatic rings. The summed E-state index contributed by atoms with van der Waals surface area (Å²) in [5.41, 5.74) is 0.606. The zero-order valence-electron chi connectivity index (χ0n) is 13.7. The van der Waals surface area contributed by atoms with Crippen molar-refractivity contribution in [1.82, 2.24) is 19.9 Å². The highest BCUT2D eigenvalue weighted by molar-refractivity contribution is 7.71. The number of nitrogens with one attached hydrogen (secondary N) is 2. The molecular formula is C15H13ClN6O2S2. The van der Waals surface area contributed by atoms with Crippen LogP contribution in [-0.4, -0.2) is 33.2 Å². The molecule has 0 saturated heterocycles. The van der Waals surface area contributed by atoms with Crippen molar-refractivity contribution in [3.63, 3.8) is 0 Å². The summed E-state index contributed by atoms with van der Waals surface area (Å²) in [4.78, 5) is 16.9. The highest BCUT2D eigenvalue weighted by atomic mass is 35.5. The molecule has 0 atom stereocenters. The van der Waals surface area contributed by atoms with Gasteiger partial charge in [-0.1, -0.05) is 35.1 Å². The lowest BCUT2D eigenvalue weighted by molar-refractivity contribution is 0.417. The number of para-hydroxylation sites is 2. The second-order valence-electron chi connectivity index (χ2n) is 4.98. The number of thiazole rings is 1. The first-order valence-electron chi connectivity index (χ1n) is 7.28. The molecule has 2 heterocycles. The Morgan fingerprint density at radius 2 is 2.23 bits per heavy atom. The van der Waals surface area contributed by atoms with Gasteiger partial charge in [0.15, 0.2) is 10.3 Å². The van der Waals surface area contributed by atoms with Crippen LogP contribution in [0.1, 0.15) is 10.6 Å². The molecule has 0 aliphatic rings. The van der Waals surface area contributed by atoms with Crippen LogP contribution in [0.2, 0.25) is 5.15 Å². The molecule has 26 heavy (non-hydrogen) atoms. The van der Waals surface area contributed by atoms with E-state index in [1.807, 2.05) is 24.3 Å². The number of anilines is 2. The van der Waals surface area contributed by atoms with Gasteiger partial charge in [0.1, 0.15) is 11.4 Å². The number of halogens is 1. The number of aryl methyl sites for hydroxylation is 1. The number of hydrogen-bond acceptors (Lipinski definition) is 8. The van der Waals surface area contributed by atoms with Crippen LogP contribution >= 0.6 is 35.2 Å². The van der Waals surface area contributed by atoms with Crippen LogP contribution in [-0.2, 0) is 0 Å². The Kier molecular flexibility index (Phi) is 5.45. The predicted molar refractivity (Wildman–Crippen MR) is 105 cm³/mol. The summed E-state index contributed by atoms with van der Waals surface area (Å²) in [6, 6.07) is 7.44. The van der Waals surface area contributed by atoms with Crippen molar-refractivity contribution in [3.8, 4) is 5.75 Å². The lowest BCUT2D eigenvalue weighted by Crippen LogP contribution is -2.22. The second-order valence-corrected chi connectivity index (χ2v) is 6.75. The van der Waals surface area contributed by atoms with E-state index in [0.717, 1.165) is 10.4 Å². The lowest BCUT2D eigenvalue weighted by Gasteiger charge is -2.07. The van der Waals surface area contributed by atoms with E-state index in [0.29, 0.717) is 15.8 Å². The van der Waals surface area contributed by atoms with Gasteiger partial charge >= 0.3 is 0 Å². The Labute approximate surface area is 162 Å². The number of benzene rings is 1. The van der Waals surface area contributed by atoms with E-state index in [4.69, 9.17) is 28.6 Å². The van der Waals surface area contributed by atoms with Crippen molar-refractivity contribution in [2.24, 2.45) is 5.10 Å². The zero-order chi connectivity index (χ0) is 18.7. The number of aromatic nitrogens is 4. The van der Waals surface area contributed by atoms with Crippen LogP contribution in [0.4, 0.5) is 10.8 Å². The van der Waals surface area contributed by atoms with Crippen LogP contribution in [0.15, 0.2) is 34.2 Å². The second kappa shape index (κ2) is 7.77. The van der Waals surface area contributed by atoms with Crippen LogP contribution in [0.3, 0.4) is 0 Å². The van der Waals surface area contributed by atoms with Gasteiger partial charge in [-0.15, -0.1) is 0 Å². The van der Waals surface area contributed by atoms with Gasteiger partial charge in [0.2, 0.25) is 4.77 Å². The molecule has 0 bridgehead atoms. The van der Waals surface area contributed by atoms with E-state index in [9.17, 15) is 4.79 Å². The molecular weight excluding hydrogens is 396 g/mol. The van der Waals surface area contributed by atoms with Gasteiger partial charge in [-0.2, -0.15) is 14.9 Å². The fourth-order valence-corrected chi connectivity index (χ4v) is 3.21. The number of ether oxygens (including phenoxy) is 1. The minimum absolute atomic E-state index is 0.0878. The minimum atomic E-state index is -0.405. The van der Waals surface area contributed by atoms with Crippen molar-refractivity contribution in [2.75, 3.05) is 12.4 Å². The Bertz CT molecular complexity index is 1090. The molecule has 2 aromatic heterocycles. The molecule has 0 spiro atoms. The molecule has 0 aliphatic heterocycles. The first-order valence-corrected chi connectivity index (χ1v) is 8.89. The number of rotatable bonds is 5. The van der Waals surface area contributed by atoms with Crippen LogP contribution in [0.5, 0.6) is 5.75 Å². The Balaban J connectivity index is 1.89. The van der Waals surface area contributed by atoms with Crippen molar-refractivity contribution < 1.29 is 4.74 Å². The largest absolute Gasteiger partial charge is 0.495 e. The molecule has 0 aliphatic carbocycles. The van der Waals surface area contributed by atoms with Crippen LogP contribution < -0.4 is 15.6 Å². The molecule has 0 unspecified atom stereocenters. The smallest absolute Gasteiger partial charge is 0.296 e. The highest BCUT2D eigenvalue weighted by Gasteiger charge is 2.10. The normalized spacial score (nSPS) is 11.0. The summed E-state index contributed by atoms with van der Waals surface area (Å²) in [6.07, 6.45) is 1.43. The van der Waals surface area contributed by atoms with Gasteiger partial charge in [0.25, 0.3) is 5.56 Å². The van der Waals surface area contributed by atoms with Gasteiger partial charge in [-0.05, 0) is 31.3 Å². The van der Waals surface area contributed by atoms with Gasteiger partial charge in [0.05, 0.1) is 23.9 Å². The molecule has 0 fully saturated rings. The Morgan fingerprint density at radius 1 is 1.46 bits per heavy atom. The van der Waals surface area contributed by atoms with Gasteiger partial charge < -0.3 is 10.1 Å². The predicted octanol–water partition coefficient (Wildman–Crippen LogP) is 3.35. The van der Waals surface area contributed by atoms with Gasteiger partial charge in [-0.25, -0.2) is 4.98 Å². The minimum Gasteiger partial charge on any atom is -0.495 e. The number of methoxy groups -OCH3 is 1. The van der Waals surface area contributed by atoms with E-state index in [1.165, 1.54) is 17.6 Å². The first kappa shape index (κ1) is 18.2. The van der Waals surface area contributed by atoms with E-state index in [2.05, 4.69) is 25.6 Å². The summed E-state index contributed by atoms with van der Waals surface area (Å²) in [7, 11) is 1.59. The Morgan fingerprint density at radius 3 is 3.00 bits per heavy atom. The lowest BCUT2D eigenvalue weighted by atomic mass is 10.3. The molecule has 3 rings (SSSR count). The topological polar surface area (TPSA) is 97.2 Å². The third-order valence-corrected chi connectivity index (χ3v) is 4.83. The van der Waals surface area contributed by atoms with Crippen LogP contribution in [0, 0.1) is 11.7 Å². The maximum absolute atomic E-state index is 12.0. The zero-order valence-corrected chi connectivity index (χ0v) is 16.1. The van der Waals surface area contributed by atoms with Crippen molar-refractivity contribution >= 4 is 52.2 Å². The fourth-order valence-electron chi connectivity index (χ4n) is 2.00. The third-order valence-electron chi connectivity index (χ3n) is 3.26. The standard InChI is InChI=1S/C15H13ClN6O2S2/c1-8-13(23)22(15(25)21-20-8)17-7-11-12(16)19-14(26-11)18-9-5-3-4-6-10(9)24-2/h3-7H,1-2H3,(H,18,19)(H,21,25)/b17-7+. The maximum atomic E-state index is 12.0. The molecule has 0 radical (unpaired) electrons. The summed E-state index contributed by atoms with van der Waals surface area (Å²) in [6.45, 7) is 1.56. The quantitative estimate of drug-likeness (QED) is 0.496. The highest BCUT2D eigenvalue weighted by Crippen LogP contribution is 2.31. The molecule has 0 saturated carbocycles. The summed E-state index contributed by atoms with van der Waals surface area (Å²) >= 11 is 12.5. The Hall–Kier alpha value is -2.56. The number of H-pyrrole nitrogens is 1. The van der Waals surface area contributed by atoms with E-state index in [-0.39, 0.29) is 15.6 Å². The van der Waals surface area contributed by atoms with E-state index >= 15 is 0 Å². The number of nitrogens with zero attached hydrogens (tertiary/aromatic N) is 4. The average Bonchev–Trinajstić information content (AvgIpc) is 2.98. The van der Waals surface area contributed by atoms with Crippen molar-refractivity contribution in [2.45, 2.75) is 6.92 Å². The van der Waals surface area contributed by atoms with Crippen molar-refractivity contribution in [3.05, 3.63) is 55.1 Å². The first-order chi connectivity index (χ1) is 12.5.